The molecule has 4 rings (SSSR count). The van der Waals surface area contributed by atoms with E-state index in [4.69, 9.17) is 14.7 Å². The van der Waals surface area contributed by atoms with Crippen LogP contribution in [0.5, 0.6) is 0 Å². The highest BCUT2D eigenvalue weighted by Gasteiger charge is 2.26. The molecule has 0 saturated carbocycles. The van der Waals surface area contributed by atoms with Crippen molar-refractivity contribution < 1.29 is 4.74 Å². The number of ether oxygens (including phenoxy) is 1. The summed E-state index contributed by atoms with van der Waals surface area (Å²) < 4.78 is 5.41. The van der Waals surface area contributed by atoms with E-state index in [1.165, 1.54) is 52.6 Å². The highest BCUT2D eigenvalue weighted by Crippen LogP contribution is 2.36. The van der Waals surface area contributed by atoms with E-state index in [2.05, 4.69) is 87.1 Å². The lowest BCUT2D eigenvalue weighted by Crippen LogP contribution is -2.30. The van der Waals surface area contributed by atoms with Crippen molar-refractivity contribution in [3.05, 3.63) is 76.0 Å². The van der Waals surface area contributed by atoms with Crippen molar-refractivity contribution >= 4 is 5.82 Å². The van der Waals surface area contributed by atoms with Crippen LogP contribution in [-0.2, 0) is 30.5 Å². The summed E-state index contributed by atoms with van der Waals surface area (Å²) in [6, 6.07) is 15.9. The average molecular weight is 487 g/mol. The zero-order chi connectivity index (χ0) is 25.7. The molecule has 0 aliphatic heterocycles. The second-order valence-electron chi connectivity index (χ2n) is 10.0. The normalized spacial score (nSPS) is 15.2. The van der Waals surface area contributed by atoms with Crippen molar-refractivity contribution in [2.24, 2.45) is 0 Å². The van der Waals surface area contributed by atoms with Gasteiger partial charge in [-0.1, -0.05) is 56.3 Å². The minimum atomic E-state index is 0.415. The molecule has 0 unspecified atom stereocenters. The number of likely N-dealkylation sites (N-methyl/N-ethyl adjacent to an activating group) is 1. The van der Waals surface area contributed by atoms with Gasteiger partial charge >= 0.3 is 0 Å². The number of aryl methyl sites for hydroxylation is 4. The van der Waals surface area contributed by atoms with Crippen LogP contribution >= 0.6 is 0 Å². The maximum absolute atomic E-state index is 5.41. The number of anilines is 1. The van der Waals surface area contributed by atoms with E-state index >= 15 is 0 Å². The SMILES string of the molecule is CCc1cccc(CC)c1-c1nc(C)c(CN(C)[C@@H]2CCCc3ccccc32)c(N(C)CCOC)n1. The maximum atomic E-state index is 5.41. The van der Waals surface area contributed by atoms with E-state index in [-0.39, 0.29) is 0 Å². The summed E-state index contributed by atoms with van der Waals surface area (Å²) in [5.41, 5.74) is 9.04. The molecular formula is C31H42N4O. The Labute approximate surface area is 217 Å². The predicted molar refractivity (Wildman–Crippen MR) is 150 cm³/mol. The van der Waals surface area contributed by atoms with Crippen LogP contribution in [-0.4, -0.2) is 49.2 Å². The Bertz CT molecular complexity index is 1150. The summed E-state index contributed by atoms with van der Waals surface area (Å²) in [5, 5.41) is 0. The van der Waals surface area contributed by atoms with Gasteiger partial charge in [0.25, 0.3) is 0 Å². The Balaban J connectivity index is 1.76. The Morgan fingerprint density at radius 2 is 1.69 bits per heavy atom. The molecular weight excluding hydrogens is 444 g/mol. The minimum Gasteiger partial charge on any atom is -0.383 e. The number of fused-ring (bicyclic) bond motifs is 1. The topological polar surface area (TPSA) is 41.5 Å². The molecule has 0 spiro atoms. The van der Waals surface area contributed by atoms with Crippen molar-refractivity contribution in [3.63, 3.8) is 0 Å². The van der Waals surface area contributed by atoms with Crippen molar-refractivity contribution in [3.8, 4) is 11.4 Å². The van der Waals surface area contributed by atoms with E-state index in [9.17, 15) is 0 Å². The molecule has 5 nitrogen and oxygen atoms in total. The first-order valence-corrected chi connectivity index (χ1v) is 13.4. The molecule has 0 bridgehead atoms. The predicted octanol–water partition coefficient (Wildman–Crippen LogP) is 6.17. The Hall–Kier alpha value is -2.76. The molecule has 3 aromatic rings. The Morgan fingerprint density at radius 3 is 2.39 bits per heavy atom. The third-order valence-corrected chi connectivity index (χ3v) is 7.68. The molecule has 1 aliphatic rings. The second kappa shape index (κ2) is 12.0. The van der Waals surface area contributed by atoms with Gasteiger partial charge in [-0.3, -0.25) is 4.90 Å². The molecule has 192 valence electrons. The van der Waals surface area contributed by atoms with Gasteiger partial charge in [0, 0.05) is 50.1 Å². The second-order valence-corrected chi connectivity index (χ2v) is 10.0. The van der Waals surface area contributed by atoms with Crippen molar-refractivity contribution in [1.82, 2.24) is 14.9 Å². The number of nitrogens with zero attached hydrogens (tertiary/aromatic N) is 4. The van der Waals surface area contributed by atoms with Crippen LogP contribution < -0.4 is 4.90 Å². The van der Waals surface area contributed by atoms with E-state index < -0.39 is 0 Å². The van der Waals surface area contributed by atoms with Crippen molar-refractivity contribution in [1.29, 1.82) is 0 Å². The fourth-order valence-corrected chi connectivity index (χ4v) is 5.60. The van der Waals surface area contributed by atoms with Crippen LogP contribution in [0, 0.1) is 6.92 Å². The zero-order valence-electron chi connectivity index (χ0n) is 23.0. The van der Waals surface area contributed by atoms with Gasteiger partial charge in [0.15, 0.2) is 5.82 Å². The van der Waals surface area contributed by atoms with E-state index in [0.29, 0.717) is 12.6 Å². The number of rotatable bonds is 10. The fraction of sp³-hybridized carbons (Fsp3) is 0.484. The van der Waals surface area contributed by atoms with Crippen molar-refractivity contribution in [2.75, 3.05) is 39.3 Å². The maximum Gasteiger partial charge on any atom is 0.162 e. The molecule has 0 radical (unpaired) electrons. The first-order chi connectivity index (χ1) is 17.5. The van der Waals surface area contributed by atoms with Gasteiger partial charge in [-0.05, 0) is 68.3 Å². The summed E-state index contributed by atoms with van der Waals surface area (Å²) in [7, 11) is 6.13. The highest BCUT2D eigenvalue weighted by molar-refractivity contribution is 5.68. The lowest BCUT2D eigenvalue weighted by molar-refractivity contribution is 0.205. The van der Waals surface area contributed by atoms with Gasteiger partial charge in [0.05, 0.1) is 6.61 Å². The highest BCUT2D eigenvalue weighted by atomic mass is 16.5. The number of benzene rings is 2. The molecule has 1 aromatic heterocycles. The monoisotopic (exact) mass is 486 g/mol. The number of aromatic nitrogens is 2. The summed E-state index contributed by atoms with van der Waals surface area (Å²) in [5.74, 6) is 1.86. The summed E-state index contributed by atoms with van der Waals surface area (Å²) in [6.07, 6.45) is 5.52. The largest absolute Gasteiger partial charge is 0.383 e. The zero-order valence-corrected chi connectivity index (χ0v) is 23.0. The molecule has 1 heterocycles. The lowest BCUT2D eigenvalue weighted by atomic mass is 9.87. The quantitative estimate of drug-likeness (QED) is 0.343. The van der Waals surface area contributed by atoms with Gasteiger partial charge in [0.2, 0.25) is 0 Å². The fourth-order valence-electron chi connectivity index (χ4n) is 5.60. The molecule has 36 heavy (non-hydrogen) atoms. The first kappa shape index (κ1) is 26.3. The summed E-state index contributed by atoms with van der Waals surface area (Å²) in [4.78, 5) is 15.1. The van der Waals surface area contributed by atoms with E-state index in [1.807, 2.05) is 0 Å². The van der Waals surface area contributed by atoms with E-state index in [1.54, 1.807) is 7.11 Å². The van der Waals surface area contributed by atoms with E-state index in [0.717, 1.165) is 43.3 Å². The Morgan fingerprint density at radius 1 is 0.972 bits per heavy atom. The van der Waals surface area contributed by atoms with Crippen LogP contribution in [0.15, 0.2) is 42.5 Å². The number of methoxy groups -OCH3 is 1. The summed E-state index contributed by atoms with van der Waals surface area (Å²) >= 11 is 0. The van der Waals surface area contributed by atoms with Crippen LogP contribution in [0.4, 0.5) is 5.82 Å². The lowest BCUT2D eigenvalue weighted by Gasteiger charge is -2.34. The van der Waals surface area contributed by atoms with Crippen LogP contribution in [0.25, 0.3) is 11.4 Å². The number of hydrogen-bond donors (Lipinski definition) is 0. The smallest absolute Gasteiger partial charge is 0.162 e. The van der Waals surface area contributed by atoms with Gasteiger partial charge < -0.3 is 9.64 Å². The van der Waals surface area contributed by atoms with Crippen LogP contribution in [0.3, 0.4) is 0 Å². The molecule has 0 saturated heterocycles. The standard InChI is InChI=1S/C31H42N4O/c1-7-23-14-11-15-24(8-2)29(23)30-32-22(3)27(31(33-30)34(4)19-20-36-6)21-35(5)28-18-12-16-25-13-9-10-17-26(25)28/h9-11,13-15,17,28H,7-8,12,16,18-21H2,1-6H3/t28-/m1/s1. The minimum absolute atomic E-state index is 0.415. The Kier molecular flexibility index (Phi) is 8.76. The van der Waals surface area contributed by atoms with Crippen LogP contribution in [0.2, 0.25) is 0 Å². The molecule has 0 fully saturated rings. The summed E-state index contributed by atoms with van der Waals surface area (Å²) in [6.45, 7) is 8.83. The molecule has 1 atom stereocenters. The first-order valence-electron chi connectivity index (χ1n) is 13.4. The molecule has 0 amide bonds. The third-order valence-electron chi connectivity index (χ3n) is 7.68. The van der Waals surface area contributed by atoms with Gasteiger partial charge in [-0.15, -0.1) is 0 Å². The third kappa shape index (κ3) is 5.47. The average Bonchev–Trinajstić information content (AvgIpc) is 2.91. The molecule has 1 aliphatic carbocycles. The van der Waals surface area contributed by atoms with Gasteiger partial charge in [-0.2, -0.15) is 0 Å². The van der Waals surface area contributed by atoms with Gasteiger partial charge in [0.1, 0.15) is 5.82 Å². The molecule has 5 heteroatoms. The molecule has 2 aromatic carbocycles. The van der Waals surface area contributed by atoms with Gasteiger partial charge in [-0.25, -0.2) is 9.97 Å². The number of hydrogen-bond acceptors (Lipinski definition) is 5. The van der Waals surface area contributed by atoms with Crippen molar-refractivity contribution in [2.45, 2.75) is 65.5 Å². The molecule has 0 N–H and O–H groups in total. The van der Waals surface area contributed by atoms with Crippen LogP contribution in [0.1, 0.15) is 66.2 Å².